The molecule has 0 bridgehead atoms. The van der Waals surface area contributed by atoms with Crippen LogP contribution in [0.3, 0.4) is 0 Å². The van der Waals surface area contributed by atoms with Crippen LogP contribution in [0.4, 0.5) is 10.5 Å². The molecule has 1 heterocycles. The van der Waals surface area contributed by atoms with Gasteiger partial charge in [0.15, 0.2) is 6.10 Å². The third-order valence-corrected chi connectivity index (χ3v) is 5.03. The molecule has 0 saturated carbocycles. The third-order valence-electron chi connectivity index (χ3n) is 5.03. The number of hydrogen-bond acceptors (Lipinski definition) is 6. The van der Waals surface area contributed by atoms with Gasteiger partial charge in [-0.25, -0.2) is 4.79 Å². The van der Waals surface area contributed by atoms with Crippen molar-refractivity contribution >= 4 is 29.5 Å². The Kier molecular flexibility index (Phi) is 6.84. The first-order valence-corrected chi connectivity index (χ1v) is 9.46. The van der Waals surface area contributed by atoms with E-state index >= 15 is 0 Å². The number of methoxy groups -OCH3 is 1. The Balaban J connectivity index is 1.99. The predicted octanol–water partition coefficient (Wildman–Crippen LogP) is 1.98. The van der Waals surface area contributed by atoms with Gasteiger partial charge < -0.3 is 20.1 Å². The topological polar surface area (TPSA) is 114 Å². The third kappa shape index (κ3) is 4.67. The summed E-state index contributed by atoms with van der Waals surface area (Å²) in [6.45, 7) is 6.29. The highest BCUT2D eigenvalue weighted by atomic mass is 16.5. The summed E-state index contributed by atoms with van der Waals surface area (Å²) in [6.07, 6.45) is -0.302. The standard InChI is InChI=1S/C20H27N3O6/c1-6-20(7-2)18(26)23(19(27)22-20)11-16(24)29-13(4)17(25)21-14-10-12(3)8-9-15(14)28-5/h8-10,13H,6-7,11H2,1-5H3,(H,21,25)(H,22,27)/t13-/m1/s1. The van der Waals surface area contributed by atoms with E-state index in [1.807, 2.05) is 13.0 Å². The molecule has 0 radical (unpaired) electrons. The molecule has 158 valence electrons. The van der Waals surface area contributed by atoms with E-state index in [2.05, 4.69) is 10.6 Å². The van der Waals surface area contributed by atoms with Crippen LogP contribution in [-0.4, -0.2) is 54.0 Å². The van der Waals surface area contributed by atoms with Gasteiger partial charge in [0.25, 0.3) is 11.8 Å². The Bertz CT molecular complexity index is 818. The van der Waals surface area contributed by atoms with E-state index in [4.69, 9.17) is 9.47 Å². The van der Waals surface area contributed by atoms with Crippen molar-refractivity contribution in [3.8, 4) is 5.75 Å². The summed E-state index contributed by atoms with van der Waals surface area (Å²) < 4.78 is 10.3. The van der Waals surface area contributed by atoms with Crippen molar-refractivity contribution in [3.05, 3.63) is 23.8 Å². The quantitative estimate of drug-likeness (QED) is 0.505. The fraction of sp³-hybridized carbons (Fsp3) is 0.500. The summed E-state index contributed by atoms with van der Waals surface area (Å²) >= 11 is 0. The molecule has 1 aromatic rings. The number of nitrogens with one attached hydrogen (secondary N) is 2. The van der Waals surface area contributed by atoms with Crippen LogP contribution in [0.25, 0.3) is 0 Å². The fourth-order valence-electron chi connectivity index (χ4n) is 3.12. The monoisotopic (exact) mass is 405 g/mol. The first kappa shape index (κ1) is 22.2. The minimum atomic E-state index is -1.13. The zero-order chi connectivity index (χ0) is 21.8. The molecule has 1 saturated heterocycles. The number of hydrogen-bond donors (Lipinski definition) is 2. The first-order valence-electron chi connectivity index (χ1n) is 9.46. The first-order chi connectivity index (χ1) is 13.7. The van der Waals surface area contributed by atoms with Crippen LogP contribution in [0.2, 0.25) is 0 Å². The summed E-state index contributed by atoms with van der Waals surface area (Å²) in [6, 6.07) is 4.64. The maximum atomic E-state index is 12.5. The molecule has 4 amide bonds. The van der Waals surface area contributed by atoms with E-state index in [1.165, 1.54) is 14.0 Å². The second-order valence-electron chi connectivity index (χ2n) is 6.94. The number of ether oxygens (including phenoxy) is 2. The molecule has 1 aromatic carbocycles. The molecule has 1 aliphatic heterocycles. The zero-order valence-electron chi connectivity index (χ0n) is 17.3. The van der Waals surface area contributed by atoms with E-state index in [-0.39, 0.29) is 0 Å². The molecule has 0 aromatic heterocycles. The lowest BCUT2D eigenvalue weighted by Crippen LogP contribution is -2.46. The average Bonchev–Trinajstić information content (AvgIpc) is 2.92. The number of imide groups is 1. The molecule has 29 heavy (non-hydrogen) atoms. The molecule has 9 nitrogen and oxygen atoms in total. The van der Waals surface area contributed by atoms with Crippen molar-refractivity contribution in [2.24, 2.45) is 0 Å². The molecular weight excluding hydrogens is 378 g/mol. The summed E-state index contributed by atoms with van der Waals surface area (Å²) in [5.41, 5.74) is 0.368. The number of benzene rings is 1. The van der Waals surface area contributed by atoms with Crippen molar-refractivity contribution in [2.75, 3.05) is 19.0 Å². The predicted molar refractivity (Wildman–Crippen MR) is 105 cm³/mol. The molecule has 1 fully saturated rings. The van der Waals surface area contributed by atoms with Crippen molar-refractivity contribution in [1.29, 1.82) is 0 Å². The summed E-state index contributed by atoms with van der Waals surface area (Å²) in [4.78, 5) is 50.1. The zero-order valence-corrected chi connectivity index (χ0v) is 17.3. The number of carbonyl (C=O) groups is 4. The molecule has 0 spiro atoms. The number of esters is 1. The lowest BCUT2D eigenvalue weighted by atomic mass is 9.93. The SMILES string of the molecule is CCC1(CC)NC(=O)N(CC(=O)O[C@H](C)C(=O)Nc2cc(C)ccc2OC)C1=O. The number of rotatable bonds is 8. The minimum absolute atomic E-state index is 0.413. The Hall–Kier alpha value is -3.10. The fourth-order valence-corrected chi connectivity index (χ4v) is 3.12. The van der Waals surface area contributed by atoms with Crippen LogP contribution in [0.5, 0.6) is 5.75 Å². The van der Waals surface area contributed by atoms with Gasteiger partial charge in [-0.3, -0.25) is 19.3 Å². The Morgan fingerprint density at radius 3 is 2.45 bits per heavy atom. The molecule has 0 unspecified atom stereocenters. The van der Waals surface area contributed by atoms with Gasteiger partial charge in [0.05, 0.1) is 12.8 Å². The van der Waals surface area contributed by atoms with Crippen molar-refractivity contribution in [3.63, 3.8) is 0 Å². The number of anilines is 1. The summed E-state index contributed by atoms with van der Waals surface area (Å²) in [5.74, 6) is -1.41. The molecule has 2 rings (SSSR count). The van der Waals surface area contributed by atoms with Crippen LogP contribution in [0.1, 0.15) is 39.2 Å². The Morgan fingerprint density at radius 2 is 1.90 bits per heavy atom. The highest BCUT2D eigenvalue weighted by Gasteiger charge is 2.49. The van der Waals surface area contributed by atoms with Crippen LogP contribution >= 0.6 is 0 Å². The van der Waals surface area contributed by atoms with Gasteiger partial charge in [0, 0.05) is 0 Å². The Morgan fingerprint density at radius 1 is 1.24 bits per heavy atom. The lowest BCUT2D eigenvalue weighted by molar-refractivity contribution is -0.155. The van der Waals surface area contributed by atoms with Gasteiger partial charge in [-0.2, -0.15) is 0 Å². The van der Waals surface area contributed by atoms with Crippen LogP contribution < -0.4 is 15.4 Å². The van der Waals surface area contributed by atoms with E-state index in [0.29, 0.717) is 24.3 Å². The molecule has 2 N–H and O–H groups in total. The van der Waals surface area contributed by atoms with Gasteiger partial charge in [-0.1, -0.05) is 19.9 Å². The van der Waals surface area contributed by atoms with Gasteiger partial charge in [-0.15, -0.1) is 0 Å². The second-order valence-corrected chi connectivity index (χ2v) is 6.94. The summed E-state index contributed by atoms with van der Waals surface area (Å²) in [7, 11) is 1.48. The Labute approximate surface area is 169 Å². The number of nitrogens with zero attached hydrogens (tertiary/aromatic N) is 1. The van der Waals surface area contributed by atoms with E-state index in [1.54, 1.807) is 26.0 Å². The molecule has 1 atom stereocenters. The van der Waals surface area contributed by atoms with Crippen molar-refractivity contribution in [2.45, 2.75) is 52.2 Å². The molecule has 9 heteroatoms. The van der Waals surface area contributed by atoms with Gasteiger partial charge in [0.1, 0.15) is 17.8 Å². The maximum absolute atomic E-state index is 12.5. The number of carbonyl (C=O) groups excluding carboxylic acids is 4. The van der Waals surface area contributed by atoms with Crippen LogP contribution in [0, 0.1) is 6.92 Å². The molecule has 1 aliphatic rings. The number of aryl methyl sites for hydroxylation is 1. The van der Waals surface area contributed by atoms with Gasteiger partial charge >= 0.3 is 12.0 Å². The number of urea groups is 1. The molecule has 0 aliphatic carbocycles. The van der Waals surface area contributed by atoms with Crippen molar-refractivity contribution < 1.29 is 28.7 Å². The average molecular weight is 405 g/mol. The summed E-state index contributed by atoms with van der Waals surface area (Å²) in [5, 5.41) is 5.28. The smallest absolute Gasteiger partial charge is 0.327 e. The van der Waals surface area contributed by atoms with E-state index in [9.17, 15) is 19.2 Å². The highest BCUT2D eigenvalue weighted by molar-refractivity contribution is 6.08. The van der Waals surface area contributed by atoms with Crippen molar-refractivity contribution in [1.82, 2.24) is 10.2 Å². The second kappa shape index (κ2) is 8.93. The minimum Gasteiger partial charge on any atom is -0.495 e. The normalized spacial score (nSPS) is 16.2. The number of amides is 4. The molecular formula is C20H27N3O6. The van der Waals surface area contributed by atoms with E-state index < -0.39 is 42.0 Å². The lowest BCUT2D eigenvalue weighted by Gasteiger charge is -2.23. The van der Waals surface area contributed by atoms with Gasteiger partial charge in [-0.05, 0) is 44.4 Å². The maximum Gasteiger partial charge on any atom is 0.327 e. The van der Waals surface area contributed by atoms with Crippen LogP contribution in [0.15, 0.2) is 18.2 Å². The largest absolute Gasteiger partial charge is 0.495 e. The van der Waals surface area contributed by atoms with E-state index in [0.717, 1.165) is 10.5 Å². The van der Waals surface area contributed by atoms with Crippen LogP contribution in [-0.2, 0) is 19.1 Å². The van der Waals surface area contributed by atoms with Gasteiger partial charge in [0.2, 0.25) is 0 Å². The highest BCUT2D eigenvalue weighted by Crippen LogP contribution is 2.26.